The molecule has 3 rings (SSSR count). The minimum atomic E-state index is 0.540. The smallest absolute Gasteiger partial charge is 0.191 e. The van der Waals surface area contributed by atoms with Crippen LogP contribution in [0.3, 0.4) is 0 Å². The van der Waals surface area contributed by atoms with E-state index in [1.807, 2.05) is 18.4 Å². The Balaban J connectivity index is 1.81. The van der Waals surface area contributed by atoms with Gasteiger partial charge < -0.3 is 4.57 Å². The molecular formula is C16H20N4S2. The SMILES string of the molecule is CC[C@H]1CCc2sc(-c3nnc(SCCC#N)n3C)cc2C1. The standard InChI is InChI=1S/C16H20N4S2/c1-3-11-5-6-13-12(9-11)10-14(22-13)15-18-19-16(20(15)2)21-8-4-7-17/h10-11H,3-6,8-9H2,1-2H3/t11-/m0/s1. The molecule has 2 aromatic rings. The molecular weight excluding hydrogens is 312 g/mol. The van der Waals surface area contributed by atoms with Gasteiger partial charge in [0.05, 0.1) is 10.9 Å². The summed E-state index contributed by atoms with van der Waals surface area (Å²) in [4.78, 5) is 2.75. The fraction of sp³-hybridized carbons (Fsp3) is 0.562. The molecule has 0 fully saturated rings. The van der Waals surface area contributed by atoms with E-state index in [-0.39, 0.29) is 0 Å². The largest absolute Gasteiger partial charge is 0.305 e. The minimum absolute atomic E-state index is 0.540. The van der Waals surface area contributed by atoms with Crippen LogP contribution in [0.2, 0.25) is 0 Å². The number of nitrogens with zero attached hydrogens (tertiary/aromatic N) is 4. The second-order valence-electron chi connectivity index (χ2n) is 5.70. The zero-order valence-corrected chi connectivity index (χ0v) is 14.6. The van der Waals surface area contributed by atoms with Crippen molar-refractivity contribution in [2.45, 2.75) is 44.2 Å². The molecule has 0 spiro atoms. The van der Waals surface area contributed by atoms with Gasteiger partial charge in [-0.3, -0.25) is 0 Å². The number of rotatable bonds is 5. The Hall–Kier alpha value is -1.32. The Morgan fingerprint density at radius 1 is 1.50 bits per heavy atom. The summed E-state index contributed by atoms with van der Waals surface area (Å²) in [6.07, 6.45) is 5.55. The monoisotopic (exact) mass is 332 g/mol. The number of hydrogen-bond donors (Lipinski definition) is 0. The van der Waals surface area contributed by atoms with Gasteiger partial charge in [-0.25, -0.2) is 0 Å². The highest BCUT2D eigenvalue weighted by molar-refractivity contribution is 7.99. The summed E-state index contributed by atoms with van der Waals surface area (Å²) in [5.74, 6) is 2.56. The van der Waals surface area contributed by atoms with Crippen LogP contribution >= 0.6 is 23.1 Å². The number of thiophene rings is 1. The summed E-state index contributed by atoms with van der Waals surface area (Å²) in [5, 5.41) is 18.2. The maximum absolute atomic E-state index is 8.63. The van der Waals surface area contributed by atoms with E-state index in [1.54, 1.807) is 11.8 Å². The number of nitriles is 1. The average molecular weight is 332 g/mol. The van der Waals surface area contributed by atoms with Crippen molar-refractivity contribution >= 4 is 23.1 Å². The van der Waals surface area contributed by atoms with E-state index in [0.29, 0.717) is 6.42 Å². The molecule has 6 heteroatoms. The Labute approximate surface area is 139 Å². The van der Waals surface area contributed by atoms with Crippen molar-refractivity contribution < 1.29 is 0 Å². The van der Waals surface area contributed by atoms with Crippen LogP contribution in [0.5, 0.6) is 0 Å². The summed E-state index contributed by atoms with van der Waals surface area (Å²) in [7, 11) is 2.01. The van der Waals surface area contributed by atoms with Crippen molar-refractivity contribution in [3.05, 3.63) is 16.5 Å². The van der Waals surface area contributed by atoms with Gasteiger partial charge in [0.15, 0.2) is 11.0 Å². The Morgan fingerprint density at radius 3 is 3.14 bits per heavy atom. The molecule has 1 aliphatic carbocycles. The summed E-state index contributed by atoms with van der Waals surface area (Å²) in [5.41, 5.74) is 1.51. The molecule has 1 aliphatic rings. The molecule has 0 bridgehead atoms. The van der Waals surface area contributed by atoms with E-state index >= 15 is 0 Å². The normalized spacial score (nSPS) is 17.2. The van der Waals surface area contributed by atoms with E-state index in [2.05, 4.69) is 33.8 Å². The quantitative estimate of drug-likeness (QED) is 0.612. The van der Waals surface area contributed by atoms with Crippen LogP contribution in [0, 0.1) is 17.2 Å². The van der Waals surface area contributed by atoms with E-state index in [1.165, 1.54) is 41.0 Å². The Bertz CT molecular complexity index is 696. The van der Waals surface area contributed by atoms with Crippen molar-refractivity contribution in [2.24, 2.45) is 13.0 Å². The fourth-order valence-electron chi connectivity index (χ4n) is 2.90. The zero-order valence-electron chi connectivity index (χ0n) is 13.0. The van der Waals surface area contributed by atoms with Crippen LogP contribution in [-0.4, -0.2) is 20.5 Å². The number of aromatic nitrogens is 3. The lowest BCUT2D eigenvalue weighted by molar-refractivity contribution is 0.449. The maximum Gasteiger partial charge on any atom is 0.191 e. The van der Waals surface area contributed by atoms with E-state index in [0.717, 1.165) is 22.7 Å². The molecule has 4 nitrogen and oxygen atoms in total. The molecule has 22 heavy (non-hydrogen) atoms. The van der Waals surface area contributed by atoms with Crippen LogP contribution in [-0.2, 0) is 19.9 Å². The van der Waals surface area contributed by atoms with E-state index in [9.17, 15) is 0 Å². The first-order chi connectivity index (χ1) is 10.7. The maximum atomic E-state index is 8.63. The van der Waals surface area contributed by atoms with Crippen LogP contribution < -0.4 is 0 Å². The molecule has 1 atom stereocenters. The second kappa shape index (κ2) is 6.84. The van der Waals surface area contributed by atoms with Gasteiger partial charge in [-0.2, -0.15) is 5.26 Å². The van der Waals surface area contributed by atoms with E-state index < -0.39 is 0 Å². The predicted molar refractivity (Wildman–Crippen MR) is 91.1 cm³/mol. The average Bonchev–Trinajstić information content (AvgIpc) is 3.10. The van der Waals surface area contributed by atoms with E-state index in [4.69, 9.17) is 5.26 Å². The molecule has 0 unspecified atom stereocenters. The first-order valence-corrected chi connectivity index (χ1v) is 9.54. The van der Waals surface area contributed by atoms with Gasteiger partial charge in [-0.1, -0.05) is 25.1 Å². The highest BCUT2D eigenvalue weighted by atomic mass is 32.2. The van der Waals surface area contributed by atoms with Gasteiger partial charge in [-0.15, -0.1) is 21.5 Å². The molecule has 0 saturated carbocycles. The summed E-state index contributed by atoms with van der Waals surface area (Å²) in [6.45, 7) is 2.29. The van der Waals surface area contributed by atoms with Gasteiger partial charge in [0.25, 0.3) is 0 Å². The third-order valence-electron chi connectivity index (χ3n) is 4.26. The van der Waals surface area contributed by atoms with Crippen molar-refractivity contribution in [2.75, 3.05) is 5.75 Å². The van der Waals surface area contributed by atoms with Crippen molar-refractivity contribution in [3.8, 4) is 16.8 Å². The number of hydrogen-bond acceptors (Lipinski definition) is 5. The topological polar surface area (TPSA) is 54.5 Å². The molecule has 0 aliphatic heterocycles. The molecule has 0 amide bonds. The first kappa shape index (κ1) is 15.6. The van der Waals surface area contributed by atoms with Crippen molar-refractivity contribution in [1.82, 2.24) is 14.8 Å². The third kappa shape index (κ3) is 3.06. The lowest BCUT2D eigenvalue weighted by Gasteiger charge is -2.19. The highest BCUT2D eigenvalue weighted by Gasteiger charge is 2.22. The van der Waals surface area contributed by atoms with Gasteiger partial charge >= 0.3 is 0 Å². The second-order valence-corrected chi connectivity index (χ2v) is 7.90. The first-order valence-electron chi connectivity index (χ1n) is 7.74. The summed E-state index contributed by atoms with van der Waals surface area (Å²) < 4.78 is 2.05. The third-order valence-corrected chi connectivity index (χ3v) is 6.52. The molecule has 116 valence electrons. The van der Waals surface area contributed by atoms with Crippen LogP contribution in [0.15, 0.2) is 11.2 Å². The van der Waals surface area contributed by atoms with Gasteiger partial charge in [0, 0.05) is 24.1 Å². The highest BCUT2D eigenvalue weighted by Crippen LogP contribution is 2.37. The van der Waals surface area contributed by atoms with Crippen molar-refractivity contribution in [3.63, 3.8) is 0 Å². The molecule has 0 saturated heterocycles. The minimum Gasteiger partial charge on any atom is -0.305 e. The van der Waals surface area contributed by atoms with Crippen molar-refractivity contribution in [1.29, 1.82) is 5.26 Å². The van der Waals surface area contributed by atoms with Gasteiger partial charge in [0.2, 0.25) is 0 Å². The summed E-state index contributed by atoms with van der Waals surface area (Å²) >= 11 is 3.47. The molecule has 0 aromatic carbocycles. The lowest BCUT2D eigenvalue weighted by atomic mass is 9.87. The van der Waals surface area contributed by atoms with Crippen LogP contribution in [0.1, 0.15) is 36.6 Å². The van der Waals surface area contributed by atoms with Crippen LogP contribution in [0.25, 0.3) is 10.7 Å². The van der Waals surface area contributed by atoms with Gasteiger partial charge in [0.1, 0.15) is 0 Å². The number of fused-ring (bicyclic) bond motifs is 1. The zero-order chi connectivity index (χ0) is 15.5. The predicted octanol–water partition coefficient (Wildman–Crippen LogP) is 4.06. The molecule has 2 aromatic heterocycles. The Morgan fingerprint density at radius 2 is 2.36 bits per heavy atom. The number of aryl methyl sites for hydroxylation is 1. The van der Waals surface area contributed by atoms with Crippen LogP contribution in [0.4, 0.5) is 0 Å². The fourth-order valence-corrected chi connectivity index (χ4v) is 4.88. The van der Waals surface area contributed by atoms with Gasteiger partial charge in [-0.05, 0) is 36.8 Å². The summed E-state index contributed by atoms with van der Waals surface area (Å²) in [6, 6.07) is 4.48. The number of thioether (sulfide) groups is 1. The molecule has 2 heterocycles. The molecule has 0 radical (unpaired) electrons. The molecule has 0 N–H and O–H groups in total. The lowest BCUT2D eigenvalue weighted by Crippen LogP contribution is -2.10. The Kier molecular flexibility index (Phi) is 4.84.